The van der Waals surface area contributed by atoms with E-state index in [4.69, 9.17) is 21.7 Å². The van der Waals surface area contributed by atoms with Crippen LogP contribution in [0, 0.1) is 0 Å². The van der Waals surface area contributed by atoms with Crippen LogP contribution < -0.4 is 10.1 Å². The largest absolute Gasteiger partial charge is 0.497 e. The van der Waals surface area contributed by atoms with Crippen molar-refractivity contribution in [2.24, 2.45) is 0 Å². The molecule has 2 fully saturated rings. The Hall–Kier alpha value is -3.14. The normalized spacial score (nSPS) is 19.0. The van der Waals surface area contributed by atoms with Crippen LogP contribution in [0.5, 0.6) is 5.75 Å². The molecule has 36 heavy (non-hydrogen) atoms. The minimum Gasteiger partial charge on any atom is -0.497 e. The number of amides is 2. The number of fused-ring (bicyclic) bond motifs is 1. The van der Waals surface area contributed by atoms with Crippen molar-refractivity contribution in [3.8, 4) is 5.75 Å². The number of carbonyl (C=O) groups excluding carboxylic acids is 2. The van der Waals surface area contributed by atoms with Crippen LogP contribution in [0.3, 0.4) is 0 Å². The van der Waals surface area contributed by atoms with E-state index in [-0.39, 0.29) is 24.5 Å². The van der Waals surface area contributed by atoms with Crippen LogP contribution in [-0.4, -0.2) is 52.0 Å². The van der Waals surface area contributed by atoms with E-state index in [1.807, 2.05) is 65.4 Å². The Kier molecular flexibility index (Phi) is 7.41. The third-order valence-electron chi connectivity index (χ3n) is 6.34. The molecule has 1 atom stereocenters. The van der Waals surface area contributed by atoms with Crippen molar-refractivity contribution in [2.45, 2.75) is 32.0 Å². The second-order valence-electron chi connectivity index (χ2n) is 8.78. The van der Waals surface area contributed by atoms with E-state index < -0.39 is 0 Å². The number of benzene rings is 2. The van der Waals surface area contributed by atoms with Crippen molar-refractivity contribution in [1.29, 1.82) is 0 Å². The van der Waals surface area contributed by atoms with Crippen LogP contribution in [-0.2, 0) is 27.4 Å². The van der Waals surface area contributed by atoms with Crippen LogP contribution in [0.2, 0.25) is 0 Å². The average Bonchev–Trinajstić information content (AvgIpc) is 3.60. The Morgan fingerprint density at radius 2 is 2.06 bits per heavy atom. The fourth-order valence-corrected chi connectivity index (χ4v) is 5.70. The molecule has 2 saturated heterocycles. The van der Waals surface area contributed by atoms with E-state index in [0.717, 1.165) is 47.2 Å². The van der Waals surface area contributed by atoms with Gasteiger partial charge in [-0.3, -0.25) is 14.5 Å². The maximum atomic E-state index is 13.2. The fraction of sp³-hybridized carbons (Fsp3) is 0.296. The zero-order valence-corrected chi connectivity index (χ0v) is 21.6. The number of nitrogens with one attached hydrogen (secondary N) is 1. The lowest BCUT2D eigenvalue weighted by Gasteiger charge is -2.14. The van der Waals surface area contributed by atoms with Crippen LogP contribution in [0.1, 0.15) is 24.0 Å². The number of thiocarbonyl (C=S) groups is 1. The Labute approximate surface area is 219 Å². The number of methoxy groups -OCH3 is 1. The minimum atomic E-state index is -0.119. The summed E-state index contributed by atoms with van der Waals surface area (Å²) < 4.78 is 13.3. The number of para-hydroxylation sites is 1. The van der Waals surface area contributed by atoms with E-state index in [0.29, 0.717) is 22.3 Å². The monoisotopic (exact) mass is 521 g/mol. The molecule has 0 unspecified atom stereocenters. The topological polar surface area (TPSA) is 72.8 Å². The van der Waals surface area contributed by atoms with Gasteiger partial charge in [-0.15, -0.1) is 0 Å². The molecule has 186 valence electrons. The number of carbonyl (C=O) groups is 2. The number of nitrogens with zero attached hydrogens (tertiary/aromatic N) is 2. The summed E-state index contributed by atoms with van der Waals surface area (Å²) in [5, 5.41) is 3.96. The number of rotatable bonds is 8. The summed E-state index contributed by atoms with van der Waals surface area (Å²) in [7, 11) is 1.62. The number of ether oxygens (including phenoxy) is 2. The summed E-state index contributed by atoms with van der Waals surface area (Å²) >= 11 is 6.82. The molecule has 0 spiro atoms. The second kappa shape index (κ2) is 10.9. The molecule has 2 aromatic carbocycles. The molecule has 7 nitrogen and oxygen atoms in total. The third-order valence-corrected chi connectivity index (χ3v) is 7.72. The molecule has 0 saturated carbocycles. The lowest BCUT2D eigenvalue weighted by Crippen LogP contribution is -2.34. The molecule has 2 amide bonds. The van der Waals surface area contributed by atoms with Crippen LogP contribution >= 0.6 is 24.0 Å². The maximum absolute atomic E-state index is 13.2. The lowest BCUT2D eigenvalue weighted by molar-refractivity contribution is -0.123. The van der Waals surface area contributed by atoms with Crippen LogP contribution in [0.15, 0.2) is 59.6 Å². The molecule has 1 N–H and O–H groups in total. The van der Waals surface area contributed by atoms with E-state index in [1.54, 1.807) is 12.0 Å². The number of thioether (sulfide) groups is 1. The molecular weight excluding hydrogens is 494 g/mol. The fourth-order valence-electron chi connectivity index (χ4n) is 4.46. The quantitative estimate of drug-likeness (QED) is 0.351. The molecule has 2 aliphatic rings. The van der Waals surface area contributed by atoms with Crippen molar-refractivity contribution >= 4 is 57.1 Å². The van der Waals surface area contributed by atoms with Crippen molar-refractivity contribution in [3.63, 3.8) is 0 Å². The van der Waals surface area contributed by atoms with Gasteiger partial charge in [0, 0.05) is 35.8 Å². The first-order valence-corrected chi connectivity index (χ1v) is 13.1. The van der Waals surface area contributed by atoms with E-state index in [2.05, 4.69) is 5.32 Å². The Morgan fingerprint density at radius 3 is 2.81 bits per heavy atom. The number of hydrogen-bond acceptors (Lipinski definition) is 6. The summed E-state index contributed by atoms with van der Waals surface area (Å²) in [5.41, 5.74) is 2.78. The Balaban J connectivity index is 1.33. The molecule has 2 aliphatic heterocycles. The molecule has 3 aromatic rings. The number of aromatic nitrogens is 1. The van der Waals surface area contributed by atoms with Gasteiger partial charge in [-0.25, -0.2) is 0 Å². The lowest BCUT2D eigenvalue weighted by atomic mass is 10.1. The Morgan fingerprint density at radius 1 is 1.25 bits per heavy atom. The first-order chi connectivity index (χ1) is 17.5. The molecule has 0 aliphatic carbocycles. The van der Waals surface area contributed by atoms with Crippen LogP contribution in [0.4, 0.5) is 0 Å². The molecule has 9 heteroatoms. The highest BCUT2D eigenvalue weighted by Crippen LogP contribution is 2.35. The smallest absolute Gasteiger partial charge is 0.266 e. The summed E-state index contributed by atoms with van der Waals surface area (Å²) in [6, 6.07) is 15.5. The van der Waals surface area contributed by atoms with Gasteiger partial charge in [-0.1, -0.05) is 54.3 Å². The molecular formula is C27H27N3O4S2. The zero-order chi connectivity index (χ0) is 25.1. The average molecular weight is 522 g/mol. The van der Waals surface area contributed by atoms with Crippen molar-refractivity contribution in [2.75, 3.05) is 20.3 Å². The predicted molar refractivity (Wildman–Crippen MR) is 146 cm³/mol. The zero-order valence-electron chi connectivity index (χ0n) is 19.9. The number of hydrogen-bond donors (Lipinski definition) is 1. The first-order valence-electron chi connectivity index (χ1n) is 11.9. The summed E-state index contributed by atoms with van der Waals surface area (Å²) in [6.45, 7) is 1.89. The van der Waals surface area contributed by atoms with Gasteiger partial charge in [0.1, 0.15) is 16.6 Å². The first kappa shape index (κ1) is 24.5. The van der Waals surface area contributed by atoms with Gasteiger partial charge in [0.05, 0.1) is 24.7 Å². The summed E-state index contributed by atoms with van der Waals surface area (Å²) in [5.74, 6) is 0.580. The summed E-state index contributed by atoms with van der Waals surface area (Å²) in [6.07, 6.45) is 5.92. The van der Waals surface area contributed by atoms with E-state index >= 15 is 0 Å². The SMILES string of the molecule is COc1ccc(CN2C(=O)/C(=C/c3cn(CC(=O)NC[C@H]4CCCO4)c4ccccc34)SC2=S)cc1. The van der Waals surface area contributed by atoms with Gasteiger partial charge in [0.15, 0.2) is 0 Å². The third kappa shape index (κ3) is 5.33. The van der Waals surface area contributed by atoms with Crippen LogP contribution in [0.25, 0.3) is 17.0 Å². The maximum Gasteiger partial charge on any atom is 0.266 e. The highest BCUT2D eigenvalue weighted by molar-refractivity contribution is 8.26. The molecule has 5 rings (SSSR count). The summed E-state index contributed by atoms with van der Waals surface area (Å²) in [4.78, 5) is 28.0. The van der Waals surface area contributed by atoms with E-state index in [1.165, 1.54) is 11.8 Å². The van der Waals surface area contributed by atoms with Gasteiger partial charge in [0.2, 0.25) is 5.91 Å². The molecule has 0 bridgehead atoms. The molecule has 0 radical (unpaired) electrons. The standard InChI is InChI=1S/C27H27N3O4S2/c1-33-20-10-8-18(9-11-20)15-30-26(32)24(36-27(30)35)13-19-16-29(23-7-3-2-6-22(19)23)17-25(31)28-14-21-5-4-12-34-21/h2-3,6-11,13,16,21H,4-5,12,14-15,17H2,1H3,(H,28,31)/b24-13-/t21-/m1/s1. The predicted octanol–water partition coefficient (Wildman–Crippen LogP) is 4.35. The molecule has 3 heterocycles. The van der Waals surface area contributed by atoms with E-state index in [9.17, 15) is 9.59 Å². The van der Waals surface area contributed by atoms with Gasteiger partial charge in [-0.05, 0) is 42.7 Å². The minimum absolute atomic E-state index is 0.0661. The highest BCUT2D eigenvalue weighted by atomic mass is 32.2. The van der Waals surface area contributed by atoms with Crippen molar-refractivity contribution in [3.05, 3.63) is 70.8 Å². The second-order valence-corrected chi connectivity index (χ2v) is 10.5. The van der Waals surface area contributed by atoms with Gasteiger partial charge >= 0.3 is 0 Å². The van der Waals surface area contributed by atoms with Crippen molar-refractivity contribution in [1.82, 2.24) is 14.8 Å². The van der Waals surface area contributed by atoms with Crippen molar-refractivity contribution < 1.29 is 19.1 Å². The highest BCUT2D eigenvalue weighted by Gasteiger charge is 2.32. The van der Waals surface area contributed by atoms with Gasteiger partial charge < -0.3 is 19.4 Å². The van der Waals surface area contributed by atoms with Gasteiger partial charge in [-0.2, -0.15) is 0 Å². The van der Waals surface area contributed by atoms with Gasteiger partial charge in [0.25, 0.3) is 5.91 Å². The Bertz CT molecular complexity index is 1330. The molecule has 1 aromatic heterocycles.